The van der Waals surface area contributed by atoms with E-state index in [0.717, 1.165) is 6.33 Å². The molecule has 0 N–H and O–H groups in total. The molecular weight excluding hydrogens is 199 g/mol. The molecule has 2 rings (SSSR count). The third-order valence-electron chi connectivity index (χ3n) is 1.51. The van der Waals surface area contributed by atoms with Gasteiger partial charge in [-0.05, 0) is 12.1 Å². The Morgan fingerprint density at radius 1 is 1.36 bits per heavy atom. The SMILES string of the molecule is FC(F)(F)Oc1ncnn2cccc12. The van der Waals surface area contributed by atoms with E-state index < -0.39 is 12.2 Å². The minimum absolute atomic E-state index is 0.171. The van der Waals surface area contributed by atoms with Gasteiger partial charge < -0.3 is 4.74 Å². The lowest BCUT2D eigenvalue weighted by Gasteiger charge is -2.07. The molecule has 2 aromatic heterocycles. The van der Waals surface area contributed by atoms with Gasteiger partial charge in [-0.25, -0.2) is 4.52 Å². The number of hydrogen-bond donors (Lipinski definition) is 0. The van der Waals surface area contributed by atoms with Crippen LogP contribution in [-0.4, -0.2) is 21.0 Å². The van der Waals surface area contributed by atoms with Crippen LogP contribution in [0.2, 0.25) is 0 Å². The number of aromatic nitrogens is 3. The third kappa shape index (κ3) is 1.61. The number of fused-ring (bicyclic) bond motifs is 1. The molecular formula is C7H4F3N3O. The van der Waals surface area contributed by atoms with Crippen molar-refractivity contribution in [2.24, 2.45) is 0 Å². The van der Waals surface area contributed by atoms with Crippen molar-refractivity contribution >= 4 is 5.52 Å². The third-order valence-corrected chi connectivity index (χ3v) is 1.51. The second-order valence-electron chi connectivity index (χ2n) is 2.45. The van der Waals surface area contributed by atoms with E-state index in [1.54, 1.807) is 6.07 Å². The van der Waals surface area contributed by atoms with Crippen molar-refractivity contribution in [3.8, 4) is 5.88 Å². The van der Waals surface area contributed by atoms with Crippen molar-refractivity contribution in [2.75, 3.05) is 0 Å². The molecule has 2 aromatic rings. The summed E-state index contributed by atoms with van der Waals surface area (Å²) in [4.78, 5) is 3.39. The summed E-state index contributed by atoms with van der Waals surface area (Å²) in [5.41, 5.74) is 0.171. The normalized spacial score (nSPS) is 11.9. The van der Waals surface area contributed by atoms with Crippen LogP contribution in [0.25, 0.3) is 5.52 Å². The van der Waals surface area contributed by atoms with Crippen LogP contribution >= 0.6 is 0 Å². The molecule has 0 bridgehead atoms. The van der Waals surface area contributed by atoms with Crippen LogP contribution in [0.4, 0.5) is 13.2 Å². The Bertz CT molecular complexity index is 451. The standard InChI is InChI=1S/C7H4F3N3O/c8-7(9,10)14-6-5-2-1-3-13(5)12-4-11-6/h1-4H. The number of alkyl halides is 3. The summed E-state index contributed by atoms with van der Waals surface area (Å²) in [5.74, 6) is -0.502. The average Bonchev–Trinajstić information content (AvgIpc) is 2.49. The fraction of sp³-hybridized carbons (Fsp3) is 0.143. The van der Waals surface area contributed by atoms with Gasteiger partial charge in [-0.2, -0.15) is 10.1 Å². The van der Waals surface area contributed by atoms with Crippen molar-refractivity contribution in [1.29, 1.82) is 0 Å². The number of ether oxygens (including phenoxy) is 1. The molecule has 0 saturated heterocycles. The molecule has 0 saturated carbocycles. The fourth-order valence-electron chi connectivity index (χ4n) is 1.03. The van der Waals surface area contributed by atoms with Crippen LogP contribution in [0.5, 0.6) is 5.88 Å². The summed E-state index contributed by atoms with van der Waals surface area (Å²) in [6, 6.07) is 2.98. The summed E-state index contributed by atoms with van der Waals surface area (Å²) in [6.07, 6.45) is -2.24. The van der Waals surface area contributed by atoms with Gasteiger partial charge in [-0.3, -0.25) is 0 Å². The molecule has 0 radical (unpaired) electrons. The van der Waals surface area contributed by atoms with Crippen molar-refractivity contribution in [3.63, 3.8) is 0 Å². The Balaban J connectivity index is 2.46. The Kier molecular flexibility index (Phi) is 1.80. The first kappa shape index (κ1) is 8.79. The van der Waals surface area contributed by atoms with E-state index in [2.05, 4.69) is 14.8 Å². The molecule has 0 aliphatic rings. The first-order chi connectivity index (χ1) is 6.56. The number of nitrogens with zero attached hydrogens (tertiary/aromatic N) is 3. The maximum absolute atomic E-state index is 11.9. The van der Waals surface area contributed by atoms with Gasteiger partial charge >= 0.3 is 6.36 Å². The molecule has 7 heteroatoms. The number of halogens is 3. The predicted octanol–water partition coefficient (Wildman–Crippen LogP) is 1.63. The average molecular weight is 203 g/mol. The van der Waals surface area contributed by atoms with E-state index in [4.69, 9.17) is 0 Å². The lowest BCUT2D eigenvalue weighted by atomic mass is 10.5. The van der Waals surface area contributed by atoms with Crippen molar-refractivity contribution in [1.82, 2.24) is 14.6 Å². The first-order valence-electron chi connectivity index (χ1n) is 3.60. The largest absolute Gasteiger partial charge is 0.574 e. The lowest BCUT2D eigenvalue weighted by molar-refractivity contribution is -0.275. The number of hydrogen-bond acceptors (Lipinski definition) is 3. The lowest BCUT2D eigenvalue weighted by Crippen LogP contribution is -2.18. The van der Waals surface area contributed by atoms with Crippen molar-refractivity contribution in [2.45, 2.75) is 6.36 Å². The second-order valence-corrected chi connectivity index (χ2v) is 2.45. The van der Waals surface area contributed by atoms with Gasteiger partial charge in [-0.15, -0.1) is 13.2 Å². The van der Waals surface area contributed by atoms with Crippen LogP contribution < -0.4 is 4.74 Å². The topological polar surface area (TPSA) is 39.4 Å². The molecule has 0 aromatic carbocycles. The van der Waals surface area contributed by atoms with Crippen LogP contribution in [0.15, 0.2) is 24.7 Å². The molecule has 2 heterocycles. The first-order valence-corrected chi connectivity index (χ1v) is 3.60. The zero-order chi connectivity index (χ0) is 10.2. The second kappa shape index (κ2) is 2.86. The van der Waals surface area contributed by atoms with Gasteiger partial charge in [0, 0.05) is 6.20 Å². The van der Waals surface area contributed by atoms with E-state index in [9.17, 15) is 13.2 Å². The van der Waals surface area contributed by atoms with Crippen LogP contribution in [0.3, 0.4) is 0 Å². The molecule has 0 spiro atoms. The Morgan fingerprint density at radius 2 is 2.14 bits per heavy atom. The van der Waals surface area contributed by atoms with Gasteiger partial charge in [0.1, 0.15) is 11.8 Å². The van der Waals surface area contributed by atoms with Crippen LogP contribution in [0, 0.1) is 0 Å². The minimum atomic E-state index is -4.74. The molecule has 0 unspecified atom stereocenters. The molecule has 4 nitrogen and oxygen atoms in total. The van der Waals surface area contributed by atoms with Gasteiger partial charge in [0.25, 0.3) is 0 Å². The van der Waals surface area contributed by atoms with Gasteiger partial charge in [0.2, 0.25) is 5.88 Å². The quantitative estimate of drug-likeness (QED) is 0.707. The highest BCUT2D eigenvalue weighted by molar-refractivity contribution is 5.55. The molecule has 0 fully saturated rings. The highest BCUT2D eigenvalue weighted by Crippen LogP contribution is 2.23. The van der Waals surface area contributed by atoms with E-state index >= 15 is 0 Å². The molecule has 0 atom stereocenters. The van der Waals surface area contributed by atoms with Crippen molar-refractivity contribution in [3.05, 3.63) is 24.7 Å². The Labute approximate surface area is 75.9 Å². The van der Waals surface area contributed by atoms with Gasteiger partial charge in [0.05, 0.1) is 0 Å². The molecule has 14 heavy (non-hydrogen) atoms. The van der Waals surface area contributed by atoms with E-state index in [1.807, 2.05) is 0 Å². The maximum atomic E-state index is 11.9. The molecule has 0 amide bonds. The molecule has 74 valence electrons. The van der Waals surface area contributed by atoms with Crippen LogP contribution in [-0.2, 0) is 0 Å². The summed E-state index contributed by atoms with van der Waals surface area (Å²) < 4.78 is 40.6. The van der Waals surface area contributed by atoms with Crippen LogP contribution in [0.1, 0.15) is 0 Å². The summed E-state index contributed by atoms with van der Waals surface area (Å²) in [5, 5.41) is 3.69. The highest BCUT2D eigenvalue weighted by Gasteiger charge is 2.32. The molecule has 0 aliphatic carbocycles. The summed E-state index contributed by atoms with van der Waals surface area (Å²) in [6.45, 7) is 0. The Hall–Kier alpha value is -1.79. The zero-order valence-corrected chi connectivity index (χ0v) is 6.69. The van der Waals surface area contributed by atoms with E-state index in [1.165, 1.54) is 16.8 Å². The smallest absolute Gasteiger partial charge is 0.385 e. The zero-order valence-electron chi connectivity index (χ0n) is 6.69. The maximum Gasteiger partial charge on any atom is 0.574 e. The summed E-state index contributed by atoms with van der Waals surface area (Å²) in [7, 11) is 0. The van der Waals surface area contributed by atoms with E-state index in [-0.39, 0.29) is 5.52 Å². The predicted molar refractivity (Wildman–Crippen MR) is 39.7 cm³/mol. The van der Waals surface area contributed by atoms with Gasteiger partial charge in [0.15, 0.2) is 0 Å². The highest BCUT2D eigenvalue weighted by atomic mass is 19.4. The fourth-order valence-corrected chi connectivity index (χ4v) is 1.03. The summed E-state index contributed by atoms with van der Waals surface area (Å²) >= 11 is 0. The van der Waals surface area contributed by atoms with Gasteiger partial charge in [-0.1, -0.05) is 0 Å². The Morgan fingerprint density at radius 3 is 2.86 bits per heavy atom. The molecule has 0 aliphatic heterocycles. The van der Waals surface area contributed by atoms with E-state index in [0.29, 0.717) is 0 Å². The van der Waals surface area contributed by atoms with Crippen molar-refractivity contribution < 1.29 is 17.9 Å². The monoisotopic (exact) mass is 203 g/mol. The number of rotatable bonds is 1. The minimum Gasteiger partial charge on any atom is -0.385 e.